The third kappa shape index (κ3) is 4.30. The second-order valence-corrected chi connectivity index (χ2v) is 5.87. The molecule has 0 fully saturated rings. The Morgan fingerprint density at radius 1 is 1.12 bits per heavy atom. The van der Waals surface area contributed by atoms with E-state index >= 15 is 0 Å². The molecule has 0 bridgehead atoms. The minimum absolute atomic E-state index is 0.0767. The van der Waals surface area contributed by atoms with E-state index < -0.39 is 0 Å². The minimum Gasteiger partial charge on any atom is -0.482 e. The Kier molecular flexibility index (Phi) is 5.39. The van der Waals surface area contributed by atoms with E-state index in [1.54, 1.807) is 12.1 Å². The Hall–Kier alpha value is -2.46. The van der Waals surface area contributed by atoms with Crippen LogP contribution in [0.1, 0.15) is 12.0 Å². The molecule has 0 radical (unpaired) electrons. The molecule has 0 aliphatic heterocycles. The first-order valence-electron chi connectivity index (χ1n) is 7.81. The Morgan fingerprint density at radius 2 is 1.96 bits per heavy atom. The lowest BCUT2D eigenvalue weighted by atomic mass is 10.1. The highest BCUT2D eigenvalue weighted by molar-refractivity contribution is 6.31. The molecule has 0 aliphatic carbocycles. The number of benzene rings is 2. The first-order chi connectivity index (χ1) is 11.7. The average Bonchev–Trinajstić information content (AvgIpc) is 3.00. The van der Waals surface area contributed by atoms with E-state index in [9.17, 15) is 4.79 Å². The number of fused-ring (bicyclic) bond motifs is 1. The van der Waals surface area contributed by atoms with Gasteiger partial charge in [0.15, 0.2) is 6.61 Å². The van der Waals surface area contributed by atoms with Crippen molar-refractivity contribution in [1.29, 1.82) is 0 Å². The maximum Gasteiger partial charge on any atom is 0.344 e. The molecular weight excluding hydrogens is 326 g/mol. The number of hydrogen-bond acceptors (Lipinski definition) is 3. The molecule has 124 valence electrons. The number of carbonyl (C=O) groups excluding carboxylic acids is 1. The summed E-state index contributed by atoms with van der Waals surface area (Å²) in [6.45, 7) is 0.289. The van der Waals surface area contributed by atoms with Gasteiger partial charge in [-0.05, 0) is 48.7 Å². The second-order valence-electron chi connectivity index (χ2n) is 5.43. The number of para-hydroxylation sites is 1. The Balaban J connectivity index is 1.41. The number of nitrogens with one attached hydrogen (secondary N) is 1. The zero-order valence-electron chi connectivity index (χ0n) is 13.1. The SMILES string of the molecule is O=C(COc1ccccc1)OCCCc1c[nH]c2ccc(Cl)cc12. The third-order valence-corrected chi connectivity index (χ3v) is 3.92. The van der Waals surface area contributed by atoms with Crippen LogP contribution in [-0.4, -0.2) is 24.2 Å². The molecule has 24 heavy (non-hydrogen) atoms. The van der Waals surface area contributed by atoms with Crippen LogP contribution in [0.4, 0.5) is 0 Å². The molecule has 0 saturated heterocycles. The number of H-pyrrole nitrogens is 1. The number of ether oxygens (including phenoxy) is 2. The summed E-state index contributed by atoms with van der Waals surface area (Å²) in [7, 11) is 0. The second kappa shape index (κ2) is 7.88. The van der Waals surface area contributed by atoms with Crippen LogP contribution in [0.25, 0.3) is 10.9 Å². The molecule has 0 atom stereocenters. The zero-order chi connectivity index (χ0) is 16.8. The average molecular weight is 344 g/mol. The van der Waals surface area contributed by atoms with Crippen molar-refractivity contribution in [2.24, 2.45) is 0 Å². The topological polar surface area (TPSA) is 51.3 Å². The molecule has 2 aromatic carbocycles. The summed E-state index contributed by atoms with van der Waals surface area (Å²) in [5, 5.41) is 1.83. The van der Waals surface area contributed by atoms with Crippen molar-refractivity contribution in [3.63, 3.8) is 0 Å². The molecule has 1 aromatic heterocycles. The number of aromatic amines is 1. The van der Waals surface area contributed by atoms with Crippen molar-refractivity contribution in [3.05, 3.63) is 65.3 Å². The van der Waals surface area contributed by atoms with Crippen LogP contribution in [-0.2, 0) is 16.0 Å². The molecule has 0 saturated carbocycles. The lowest BCUT2D eigenvalue weighted by molar-refractivity contribution is -0.146. The Morgan fingerprint density at radius 3 is 2.79 bits per heavy atom. The van der Waals surface area contributed by atoms with E-state index in [4.69, 9.17) is 21.1 Å². The molecule has 0 amide bonds. The molecule has 3 aromatic rings. The molecular formula is C19H18ClNO3. The largest absolute Gasteiger partial charge is 0.482 e. The maximum absolute atomic E-state index is 11.7. The number of hydrogen-bond donors (Lipinski definition) is 1. The van der Waals surface area contributed by atoms with Gasteiger partial charge < -0.3 is 14.5 Å². The summed E-state index contributed by atoms with van der Waals surface area (Å²) < 4.78 is 10.5. The first kappa shape index (κ1) is 16.4. The van der Waals surface area contributed by atoms with E-state index in [0.717, 1.165) is 23.7 Å². The van der Waals surface area contributed by atoms with Crippen molar-refractivity contribution in [2.75, 3.05) is 13.2 Å². The number of carbonyl (C=O) groups is 1. The smallest absolute Gasteiger partial charge is 0.344 e. The quantitative estimate of drug-likeness (QED) is 0.511. The molecule has 1 N–H and O–H groups in total. The van der Waals surface area contributed by atoms with Gasteiger partial charge in [0.1, 0.15) is 5.75 Å². The molecule has 0 unspecified atom stereocenters. The van der Waals surface area contributed by atoms with E-state index in [0.29, 0.717) is 17.4 Å². The van der Waals surface area contributed by atoms with Gasteiger partial charge in [-0.1, -0.05) is 29.8 Å². The van der Waals surface area contributed by atoms with Crippen LogP contribution in [0, 0.1) is 0 Å². The van der Waals surface area contributed by atoms with Crippen molar-refractivity contribution in [1.82, 2.24) is 4.98 Å². The highest BCUT2D eigenvalue weighted by Gasteiger charge is 2.07. The van der Waals surface area contributed by atoms with Crippen molar-refractivity contribution >= 4 is 28.5 Å². The van der Waals surface area contributed by atoms with E-state index in [2.05, 4.69) is 4.98 Å². The van der Waals surface area contributed by atoms with Crippen molar-refractivity contribution in [2.45, 2.75) is 12.8 Å². The predicted molar refractivity (Wildman–Crippen MR) is 94.5 cm³/mol. The standard InChI is InChI=1S/C19H18ClNO3/c20-15-8-9-18-17(11-15)14(12-21-18)5-4-10-23-19(22)13-24-16-6-2-1-3-7-16/h1-3,6-9,11-12,21H,4-5,10,13H2. The summed E-state index contributed by atoms with van der Waals surface area (Å²) in [4.78, 5) is 14.9. The van der Waals surface area contributed by atoms with Crippen molar-refractivity contribution < 1.29 is 14.3 Å². The van der Waals surface area contributed by atoms with Crippen LogP contribution in [0.5, 0.6) is 5.75 Å². The fourth-order valence-electron chi connectivity index (χ4n) is 2.51. The third-order valence-electron chi connectivity index (χ3n) is 3.68. The number of rotatable bonds is 7. The maximum atomic E-state index is 11.7. The monoisotopic (exact) mass is 343 g/mol. The van der Waals surface area contributed by atoms with Crippen molar-refractivity contribution in [3.8, 4) is 5.75 Å². The van der Waals surface area contributed by atoms with E-state index in [1.165, 1.54) is 5.56 Å². The summed E-state index contributed by atoms with van der Waals surface area (Å²) in [5.74, 6) is 0.297. The van der Waals surface area contributed by atoms with E-state index in [1.807, 2.05) is 42.6 Å². The number of aromatic nitrogens is 1. The van der Waals surface area contributed by atoms with Gasteiger partial charge in [0.25, 0.3) is 0 Å². The highest BCUT2D eigenvalue weighted by atomic mass is 35.5. The van der Waals surface area contributed by atoms with Gasteiger partial charge in [0, 0.05) is 22.1 Å². The summed E-state index contributed by atoms with van der Waals surface area (Å²) in [6, 6.07) is 15.0. The van der Waals surface area contributed by atoms with Gasteiger partial charge in [0.2, 0.25) is 0 Å². The van der Waals surface area contributed by atoms with Crippen LogP contribution >= 0.6 is 11.6 Å². The normalized spacial score (nSPS) is 10.7. The molecule has 0 aliphatic rings. The summed E-state index contributed by atoms with van der Waals surface area (Å²) in [5.41, 5.74) is 2.23. The highest BCUT2D eigenvalue weighted by Crippen LogP contribution is 2.23. The predicted octanol–water partition coefficient (Wildman–Crippen LogP) is 4.38. The van der Waals surface area contributed by atoms with Crippen LogP contribution in [0.3, 0.4) is 0 Å². The lowest BCUT2D eigenvalue weighted by Crippen LogP contribution is -2.15. The van der Waals surface area contributed by atoms with Gasteiger partial charge in [-0.2, -0.15) is 0 Å². The van der Waals surface area contributed by atoms with Crippen LogP contribution in [0.2, 0.25) is 5.02 Å². The molecule has 5 heteroatoms. The first-order valence-corrected chi connectivity index (χ1v) is 8.19. The van der Waals surface area contributed by atoms with Crippen LogP contribution < -0.4 is 4.74 Å². The molecule has 1 heterocycles. The molecule has 4 nitrogen and oxygen atoms in total. The van der Waals surface area contributed by atoms with Gasteiger partial charge in [-0.25, -0.2) is 4.79 Å². The summed E-state index contributed by atoms with van der Waals surface area (Å²) >= 11 is 6.04. The number of halogens is 1. The Bertz CT molecular complexity index is 814. The summed E-state index contributed by atoms with van der Waals surface area (Å²) in [6.07, 6.45) is 3.53. The lowest BCUT2D eigenvalue weighted by Gasteiger charge is -2.07. The minimum atomic E-state index is -0.360. The van der Waals surface area contributed by atoms with Gasteiger partial charge in [0.05, 0.1) is 6.61 Å². The Labute approximate surface area is 145 Å². The van der Waals surface area contributed by atoms with Gasteiger partial charge in [-0.15, -0.1) is 0 Å². The van der Waals surface area contributed by atoms with Gasteiger partial charge >= 0.3 is 5.97 Å². The zero-order valence-corrected chi connectivity index (χ0v) is 13.9. The molecule has 0 spiro atoms. The molecule has 3 rings (SSSR count). The van der Waals surface area contributed by atoms with Gasteiger partial charge in [-0.3, -0.25) is 0 Å². The van der Waals surface area contributed by atoms with Crippen LogP contribution in [0.15, 0.2) is 54.7 Å². The fraction of sp³-hybridized carbons (Fsp3) is 0.211. The number of aryl methyl sites for hydroxylation is 1. The number of esters is 1. The fourth-order valence-corrected chi connectivity index (χ4v) is 2.68. The van der Waals surface area contributed by atoms with E-state index in [-0.39, 0.29) is 12.6 Å².